The van der Waals surface area contributed by atoms with Gasteiger partial charge in [-0.15, -0.1) is 0 Å². The zero-order valence-electron chi connectivity index (χ0n) is 14.8. The van der Waals surface area contributed by atoms with Gasteiger partial charge in [-0.25, -0.2) is 4.79 Å². The number of methoxy groups -OCH3 is 1. The third-order valence-corrected chi connectivity index (χ3v) is 5.25. The van der Waals surface area contributed by atoms with Gasteiger partial charge in [0, 0.05) is 12.1 Å². The van der Waals surface area contributed by atoms with Crippen LogP contribution < -0.4 is 15.8 Å². The van der Waals surface area contributed by atoms with Crippen LogP contribution in [0.5, 0.6) is 5.75 Å². The van der Waals surface area contributed by atoms with Gasteiger partial charge in [0.25, 0.3) is 5.91 Å². The van der Waals surface area contributed by atoms with Crippen LogP contribution in [0.25, 0.3) is 0 Å². The topological polar surface area (TPSA) is 90.7 Å². The molecule has 0 saturated heterocycles. The summed E-state index contributed by atoms with van der Waals surface area (Å²) in [6.07, 6.45) is 3.23. The summed E-state index contributed by atoms with van der Waals surface area (Å²) in [6.45, 7) is 3.99. The number of amides is 1. The average Bonchev–Trinajstić information content (AvgIpc) is 2.58. The van der Waals surface area contributed by atoms with E-state index in [9.17, 15) is 9.59 Å². The van der Waals surface area contributed by atoms with E-state index in [1.165, 1.54) is 25.7 Å². The summed E-state index contributed by atoms with van der Waals surface area (Å²) in [4.78, 5) is 24.3. The summed E-state index contributed by atoms with van der Waals surface area (Å²) >= 11 is 5.94. The zero-order chi connectivity index (χ0) is 18.6. The fourth-order valence-corrected chi connectivity index (χ4v) is 3.30. The Kier molecular flexibility index (Phi) is 6.53. The predicted octanol–water partition coefficient (Wildman–Crippen LogP) is 3.03. The molecule has 1 aliphatic carbocycles. The van der Waals surface area contributed by atoms with E-state index in [1.54, 1.807) is 0 Å². The van der Waals surface area contributed by atoms with Gasteiger partial charge in [-0.1, -0.05) is 38.3 Å². The minimum Gasteiger partial charge on any atom is -0.496 e. The van der Waals surface area contributed by atoms with Crippen LogP contribution in [0.15, 0.2) is 12.1 Å². The highest BCUT2D eigenvalue weighted by molar-refractivity contribution is 6.33. The number of nitrogens with two attached hydrogens (primary N) is 1. The highest BCUT2D eigenvalue weighted by Crippen LogP contribution is 2.30. The van der Waals surface area contributed by atoms with Crippen molar-refractivity contribution >= 4 is 29.2 Å². The maximum Gasteiger partial charge on any atom is 0.342 e. The SMILES string of the molecule is COc1cc(N)c(Cl)cc1C(=O)OCC(=O)N[C@H]1CCC[C@@H](C)[C@@H]1C. The highest BCUT2D eigenvalue weighted by Gasteiger charge is 2.28. The second-order valence-electron chi connectivity index (χ2n) is 6.59. The number of esters is 1. The van der Waals surface area contributed by atoms with Gasteiger partial charge in [-0.05, 0) is 24.3 Å². The number of halogens is 1. The van der Waals surface area contributed by atoms with Crippen molar-refractivity contribution < 1.29 is 19.1 Å². The molecule has 7 heteroatoms. The van der Waals surface area contributed by atoms with E-state index in [4.69, 9.17) is 26.8 Å². The third kappa shape index (κ3) is 4.78. The molecule has 0 aromatic heterocycles. The first-order valence-electron chi connectivity index (χ1n) is 8.43. The van der Waals surface area contributed by atoms with E-state index in [1.807, 2.05) is 0 Å². The lowest BCUT2D eigenvalue weighted by molar-refractivity contribution is -0.125. The summed E-state index contributed by atoms with van der Waals surface area (Å²) in [5, 5.41) is 3.19. The second kappa shape index (κ2) is 8.43. The van der Waals surface area contributed by atoms with E-state index in [-0.39, 0.29) is 34.9 Å². The average molecular weight is 369 g/mol. The largest absolute Gasteiger partial charge is 0.496 e. The molecule has 0 bridgehead atoms. The number of nitrogens with one attached hydrogen (secondary N) is 1. The van der Waals surface area contributed by atoms with Gasteiger partial charge in [-0.3, -0.25) is 4.79 Å². The first-order valence-corrected chi connectivity index (χ1v) is 8.80. The van der Waals surface area contributed by atoms with Crippen LogP contribution in [0.1, 0.15) is 43.5 Å². The molecule has 138 valence electrons. The Bertz CT molecular complexity index is 650. The molecule has 6 nitrogen and oxygen atoms in total. The second-order valence-corrected chi connectivity index (χ2v) is 7.00. The Morgan fingerprint density at radius 2 is 2.04 bits per heavy atom. The number of hydrogen-bond donors (Lipinski definition) is 2. The molecule has 3 atom stereocenters. The Morgan fingerprint density at radius 1 is 1.32 bits per heavy atom. The normalized spacial score (nSPS) is 23.0. The number of carbonyl (C=O) groups excluding carboxylic acids is 2. The van der Waals surface area contributed by atoms with E-state index < -0.39 is 5.97 Å². The molecule has 2 rings (SSSR count). The van der Waals surface area contributed by atoms with Crippen molar-refractivity contribution in [2.45, 2.75) is 39.2 Å². The molecule has 1 aromatic rings. The van der Waals surface area contributed by atoms with Crippen LogP contribution in [0.4, 0.5) is 5.69 Å². The maximum atomic E-state index is 12.2. The highest BCUT2D eigenvalue weighted by atomic mass is 35.5. The molecule has 0 heterocycles. The molecule has 25 heavy (non-hydrogen) atoms. The van der Waals surface area contributed by atoms with Crippen molar-refractivity contribution in [3.63, 3.8) is 0 Å². The smallest absolute Gasteiger partial charge is 0.342 e. The minimum absolute atomic E-state index is 0.121. The summed E-state index contributed by atoms with van der Waals surface area (Å²) in [7, 11) is 1.41. The molecule has 0 aliphatic heterocycles. The van der Waals surface area contributed by atoms with E-state index in [0.29, 0.717) is 17.5 Å². The quantitative estimate of drug-likeness (QED) is 0.615. The van der Waals surface area contributed by atoms with Gasteiger partial charge in [0.2, 0.25) is 0 Å². The number of benzene rings is 1. The van der Waals surface area contributed by atoms with Crippen molar-refractivity contribution in [3.05, 3.63) is 22.7 Å². The van der Waals surface area contributed by atoms with Crippen LogP contribution >= 0.6 is 11.6 Å². The lowest BCUT2D eigenvalue weighted by atomic mass is 9.78. The van der Waals surface area contributed by atoms with E-state index in [0.717, 1.165) is 12.8 Å². The number of nitrogen functional groups attached to an aromatic ring is 1. The first kappa shape index (κ1) is 19.4. The number of rotatable bonds is 5. The predicted molar refractivity (Wildman–Crippen MR) is 96.8 cm³/mol. The van der Waals surface area contributed by atoms with Gasteiger partial charge in [0.05, 0.1) is 17.8 Å². The van der Waals surface area contributed by atoms with Crippen LogP contribution in [0.2, 0.25) is 5.02 Å². The van der Waals surface area contributed by atoms with Gasteiger partial charge in [0.1, 0.15) is 11.3 Å². The number of carbonyl (C=O) groups is 2. The van der Waals surface area contributed by atoms with Crippen LogP contribution in [0.3, 0.4) is 0 Å². The fraction of sp³-hybridized carbons (Fsp3) is 0.556. The summed E-state index contributed by atoms with van der Waals surface area (Å²) < 4.78 is 10.2. The van der Waals surface area contributed by atoms with Gasteiger partial charge in [-0.2, -0.15) is 0 Å². The Labute approximate surface area is 153 Å². The maximum absolute atomic E-state index is 12.2. The van der Waals surface area contributed by atoms with Crippen LogP contribution in [-0.2, 0) is 9.53 Å². The van der Waals surface area contributed by atoms with Gasteiger partial charge < -0.3 is 20.5 Å². The number of anilines is 1. The Balaban J connectivity index is 1.93. The molecule has 1 amide bonds. The molecule has 1 aliphatic rings. The molecule has 1 aromatic carbocycles. The standard InChI is InChI=1S/C18H25ClN2O4/c1-10-5-4-6-15(11(10)2)21-17(22)9-25-18(23)12-7-13(19)14(20)8-16(12)24-3/h7-8,10-11,15H,4-6,9,20H2,1-3H3,(H,21,22)/t10-,11+,15+/m1/s1. The van der Waals surface area contributed by atoms with Crippen molar-refractivity contribution in [1.29, 1.82) is 0 Å². The van der Waals surface area contributed by atoms with Crippen LogP contribution in [-0.4, -0.2) is 31.6 Å². The molecule has 3 N–H and O–H groups in total. The van der Waals surface area contributed by atoms with E-state index >= 15 is 0 Å². The summed E-state index contributed by atoms with van der Waals surface area (Å²) in [5.41, 5.74) is 6.12. The monoisotopic (exact) mass is 368 g/mol. The number of hydrogen-bond acceptors (Lipinski definition) is 5. The molecular formula is C18H25ClN2O4. The molecule has 0 radical (unpaired) electrons. The molecule has 1 saturated carbocycles. The van der Waals surface area contributed by atoms with Crippen LogP contribution in [0, 0.1) is 11.8 Å². The third-order valence-electron chi connectivity index (χ3n) is 4.93. The fourth-order valence-electron chi connectivity index (χ4n) is 3.14. The lowest BCUT2D eigenvalue weighted by Crippen LogP contribution is -2.45. The van der Waals surface area contributed by atoms with Crippen molar-refractivity contribution in [1.82, 2.24) is 5.32 Å². The van der Waals surface area contributed by atoms with Crippen molar-refractivity contribution in [2.24, 2.45) is 11.8 Å². The molecule has 0 spiro atoms. The summed E-state index contributed by atoms with van der Waals surface area (Å²) in [5.74, 6) is 0.244. The zero-order valence-corrected chi connectivity index (χ0v) is 15.6. The Morgan fingerprint density at radius 3 is 2.72 bits per heavy atom. The first-order chi connectivity index (χ1) is 11.8. The molecule has 0 unspecified atom stereocenters. The van der Waals surface area contributed by atoms with Crippen molar-refractivity contribution in [3.8, 4) is 5.75 Å². The molecule has 1 fully saturated rings. The lowest BCUT2D eigenvalue weighted by Gasteiger charge is -2.34. The van der Waals surface area contributed by atoms with Gasteiger partial charge in [0.15, 0.2) is 6.61 Å². The minimum atomic E-state index is -0.682. The van der Waals surface area contributed by atoms with E-state index in [2.05, 4.69) is 19.2 Å². The number of ether oxygens (including phenoxy) is 2. The van der Waals surface area contributed by atoms with Gasteiger partial charge >= 0.3 is 5.97 Å². The summed E-state index contributed by atoms with van der Waals surface area (Å²) in [6, 6.07) is 2.95. The van der Waals surface area contributed by atoms with Crippen molar-refractivity contribution in [2.75, 3.05) is 19.5 Å². The Hall–Kier alpha value is -1.95. The molecular weight excluding hydrogens is 344 g/mol.